The molecular formula is C12H10ClN3OS. The molecule has 1 N–H and O–H groups in total. The predicted octanol–water partition coefficient (Wildman–Crippen LogP) is 3.85. The number of hydrogen-bond acceptors (Lipinski definition) is 5. The zero-order chi connectivity index (χ0) is 13.0. The molecule has 0 radical (unpaired) electrons. The Hall–Kier alpha value is -1.68. The third-order valence-electron chi connectivity index (χ3n) is 2.29. The number of aromatic nitrogens is 1. The summed E-state index contributed by atoms with van der Waals surface area (Å²) in [5.41, 5.74) is 0.803. The molecular weight excluding hydrogens is 270 g/mol. The van der Waals surface area contributed by atoms with Gasteiger partial charge >= 0.3 is 0 Å². The number of halogens is 1. The fourth-order valence-corrected chi connectivity index (χ4v) is 1.85. The van der Waals surface area contributed by atoms with Crippen LogP contribution in [0.25, 0.3) is 0 Å². The fourth-order valence-electron chi connectivity index (χ4n) is 1.50. The van der Waals surface area contributed by atoms with Crippen LogP contribution in [0.4, 0.5) is 5.82 Å². The van der Waals surface area contributed by atoms with Crippen LogP contribution in [-0.2, 0) is 0 Å². The molecule has 92 valence electrons. The lowest BCUT2D eigenvalue weighted by Crippen LogP contribution is -2.08. The topological polar surface area (TPSA) is 50.4 Å². The number of aryl methyl sites for hydroxylation is 1. The molecule has 4 nitrogen and oxygen atoms in total. The van der Waals surface area contributed by atoms with E-state index < -0.39 is 6.17 Å². The van der Waals surface area contributed by atoms with E-state index in [9.17, 15) is 0 Å². The van der Waals surface area contributed by atoms with Crippen LogP contribution in [-0.4, -0.2) is 10.3 Å². The van der Waals surface area contributed by atoms with Crippen molar-refractivity contribution in [2.75, 3.05) is 5.32 Å². The molecule has 1 aromatic heterocycles. The van der Waals surface area contributed by atoms with Crippen LogP contribution in [0.3, 0.4) is 0 Å². The zero-order valence-electron chi connectivity index (χ0n) is 9.55. The molecule has 2 aromatic rings. The molecule has 1 aromatic carbocycles. The summed E-state index contributed by atoms with van der Waals surface area (Å²) in [4.78, 5) is 4.05. The van der Waals surface area contributed by atoms with Crippen molar-refractivity contribution in [1.29, 1.82) is 0 Å². The van der Waals surface area contributed by atoms with E-state index in [4.69, 9.17) is 16.1 Å². The highest BCUT2D eigenvalue weighted by Gasteiger charge is 2.14. The lowest BCUT2D eigenvalue weighted by molar-refractivity contribution is 0.399. The lowest BCUT2D eigenvalue weighted by Gasteiger charge is -2.13. The van der Waals surface area contributed by atoms with E-state index in [2.05, 4.69) is 32.8 Å². The number of anilines is 1. The second-order valence-corrected chi connectivity index (χ2v) is 4.20. The number of nitrogens with one attached hydrogen (secondary N) is 1. The largest absolute Gasteiger partial charge is 0.360 e. The molecule has 0 saturated carbocycles. The van der Waals surface area contributed by atoms with E-state index in [1.54, 1.807) is 12.1 Å². The molecule has 0 spiro atoms. The van der Waals surface area contributed by atoms with Gasteiger partial charge < -0.3 is 9.84 Å². The van der Waals surface area contributed by atoms with Crippen molar-refractivity contribution in [1.82, 2.24) is 5.16 Å². The van der Waals surface area contributed by atoms with Crippen molar-refractivity contribution in [2.45, 2.75) is 13.1 Å². The number of rotatable bonds is 4. The van der Waals surface area contributed by atoms with E-state index in [1.807, 2.05) is 25.1 Å². The summed E-state index contributed by atoms with van der Waals surface area (Å²) in [6, 6.07) is 9.15. The van der Waals surface area contributed by atoms with Crippen LogP contribution in [0.15, 0.2) is 39.8 Å². The Morgan fingerprint density at radius 1 is 1.50 bits per heavy atom. The average molecular weight is 280 g/mol. The van der Waals surface area contributed by atoms with Gasteiger partial charge in [0, 0.05) is 16.7 Å². The quantitative estimate of drug-likeness (QED) is 0.682. The third-order valence-corrected chi connectivity index (χ3v) is 2.74. The van der Waals surface area contributed by atoms with Gasteiger partial charge in [0.1, 0.15) is 5.76 Å². The van der Waals surface area contributed by atoms with Crippen LogP contribution in [0.2, 0.25) is 5.02 Å². The summed E-state index contributed by atoms with van der Waals surface area (Å²) >= 11 is 10.8. The molecule has 0 aliphatic carbocycles. The molecule has 6 heteroatoms. The Bertz CT molecular complexity index is 593. The van der Waals surface area contributed by atoms with Crippen LogP contribution < -0.4 is 5.32 Å². The van der Waals surface area contributed by atoms with Gasteiger partial charge in [0.15, 0.2) is 12.0 Å². The summed E-state index contributed by atoms with van der Waals surface area (Å²) in [6.45, 7) is 1.81. The van der Waals surface area contributed by atoms with Crippen LogP contribution in [0.1, 0.15) is 17.5 Å². The van der Waals surface area contributed by atoms with Crippen molar-refractivity contribution in [2.24, 2.45) is 4.99 Å². The Balaban J connectivity index is 2.29. The number of aliphatic imine (C=N–C) groups is 1. The number of hydrogen-bond donors (Lipinski definition) is 1. The standard InChI is InChI=1S/C12H10ClN3OS/c1-8-6-11(16-17-8)15-12(14-7-18)9-4-2-3-5-10(9)13/h2-6,12H,1H3,(H,15,16). The summed E-state index contributed by atoms with van der Waals surface area (Å²) in [6.07, 6.45) is -0.430. The van der Waals surface area contributed by atoms with Gasteiger partial charge in [0.25, 0.3) is 0 Å². The summed E-state index contributed by atoms with van der Waals surface area (Å²) < 4.78 is 4.98. The Morgan fingerprint density at radius 3 is 2.89 bits per heavy atom. The number of thiocarbonyl (C=S) groups is 1. The molecule has 0 aliphatic heterocycles. The Morgan fingerprint density at radius 2 is 2.28 bits per heavy atom. The SMILES string of the molecule is Cc1cc(NC(N=C=S)c2ccccc2Cl)no1. The molecule has 0 bridgehead atoms. The predicted molar refractivity (Wildman–Crippen MR) is 74.1 cm³/mol. The minimum atomic E-state index is -0.430. The van der Waals surface area contributed by atoms with Gasteiger partial charge in [-0.05, 0) is 25.2 Å². The van der Waals surface area contributed by atoms with Crippen molar-refractivity contribution in [3.63, 3.8) is 0 Å². The molecule has 1 atom stereocenters. The molecule has 0 aliphatic rings. The minimum absolute atomic E-state index is 0.430. The maximum absolute atomic E-state index is 6.12. The van der Waals surface area contributed by atoms with Gasteiger partial charge in [0.05, 0.1) is 5.16 Å². The lowest BCUT2D eigenvalue weighted by atomic mass is 10.2. The molecule has 0 fully saturated rings. The van der Waals surface area contributed by atoms with Gasteiger partial charge in [-0.2, -0.15) is 0 Å². The second kappa shape index (κ2) is 5.78. The van der Waals surface area contributed by atoms with E-state index in [0.717, 1.165) is 5.56 Å². The second-order valence-electron chi connectivity index (χ2n) is 3.61. The minimum Gasteiger partial charge on any atom is -0.360 e. The number of isothiocyanates is 1. The fraction of sp³-hybridized carbons (Fsp3) is 0.167. The first kappa shape index (κ1) is 12.8. The smallest absolute Gasteiger partial charge is 0.171 e. The normalized spacial score (nSPS) is 11.7. The summed E-state index contributed by atoms with van der Waals surface area (Å²) in [7, 11) is 0. The molecule has 2 rings (SSSR count). The highest BCUT2D eigenvalue weighted by atomic mass is 35.5. The number of nitrogens with zero attached hydrogens (tertiary/aromatic N) is 2. The average Bonchev–Trinajstić information content (AvgIpc) is 2.75. The summed E-state index contributed by atoms with van der Waals surface area (Å²) in [5.74, 6) is 1.29. The first-order valence-corrected chi connectivity index (χ1v) is 6.00. The van der Waals surface area contributed by atoms with Gasteiger partial charge in [-0.25, -0.2) is 4.99 Å². The maximum atomic E-state index is 6.12. The third kappa shape index (κ3) is 2.96. The highest BCUT2D eigenvalue weighted by Crippen LogP contribution is 2.26. The molecule has 1 heterocycles. The number of benzene rings is 1. The molecule has 0 amide bonds. The van der Waals surface area contributed by atoms with Gasteiger partial charge in [-0.1, -0.05) is 35.0 Å². The van der Waals surface area contributed by atoms with Crippen LogP contribution >= 0.6 is 23.8 Å². The molecule has 0 saturated heterocycles. The van der Waals surface area contributed by atoms with Crippen molar-refractivity contribution < 1.29 is 4.52 Å². The first-order chi connectivity index (χ1) is 8.70. The van der Waals surface area contributed by atoms with E-state index in [1.165, 1.54) is 0 Å². The van der Waals surface area contributed by atoms with Gasteiger partial charge in [-0.3, -0.25) is 0 Å². The van der Waals surface area contributed by atoms with Crippen molar-refractivity contribution in [3.05, 3.63) is 46.7 Å². The zero-order valence-corrected chi connectivity index (χ0v) is 11.1. The summed E-state index contributed by atoms with van der Waals surface area (Å²) in [5, 5.41) is 9.87. The molecule has 18 heavy (non-hydrogen) atoms. The maximum Gasteiger partial charge on any atom is 0.171 e. The van der Waals surface area contributed by atoms with Gasteiger partial charge in [-0.15, -0.1) is 0 Å². The van der Waals surface area contributed by atoms with Crippen LogP contribution in [0, 0.1) is 6.92 Å². The Labute approximate surface area is 115 Å². The first-order valence-electron chi connectivity index (χ1n) is 5.22. The van der Waals surface area contributed by atoms with Crippen LogP contribution in [0.5, 0.6) is 0 Å². The van der Waals surface area contributed by atoms with Crippen molar-refractivity contribution >= 4 is 34.8 Å². The van der Waals surface area contributed by atoms with E-state index in [0.29, 0.717) is 16.6 Å². The highest BCUT2D eigenvalue weighted by molar-refractivity contribution is 7.78. The Kier molecular flexibility index (Phi) is 4.10. The van der Waals surface area contributed by atoms with E-state index in [-0.39, 0.29) is 0 Å². The monoisotopic (exact) mass is 279 g/mol. The van der Waals surface area contributed by atoms with E-state index >= 15 is 0 Å². The van der Waals surface area contributed by atoms with Gasteiger partial charge in [0.2, 0.25) is 0 Å². The van der Waals surface area contributed by atoms with Crippen molar-refractivity contribution in [3.8, 4) is 0 Å². The molecule has 1 unspecified atom stereocenters.